The van der Waals surface area contributed by atoms with Gasteiger partial charge in [0.1, 0.15) is 5.82 Å². The van der Waals surface area contributed by atoms with Gasteiger partial charge in [-0.05, 0) is 18.9 Å². The maximum Gasteiger partial charge on any atom is 0.227 e. The highest BCUT2D eigenvalue weighted by Crippen LogP contribution is 2.24. The van der Waals surface area contributed by atoms with Crippen molar-refractivity contribution in [3.63, 3.8) is 0 Å². The van der Waals surface area contributed by atoms with Crippen molar-refractivity contribution in [1.82, 2.24) is 9.97 Å². The van der Waals surface area contributed by atoms with Crippen molar-refractivity contribution in [2.45, 2.75) is 24.9 Å². The van der Waals surface area contributed by atoms with Crippen LogP contribution in [0.15, 0.2) is 12.3 Å². The monoisotopic (exact) mass is 374 g/mol. The fraction of sp³-hybridized carbons (Fsp3) is 0.714. The molecule has 0 aliphatic carbocycles. The van der Waals surface area contributed by atoms with Crippen LogP contribution < -0.4 is 9.80 Å². The van der Waals surface area contributed by atoms with E-state index >= 15 is 0 Å². The minimum Gasteiger partial charge on any atom is -0.355 e. The lowest BCUT2D eigenvalue weighted by molar-refractivity contribution is 0.599. The molecular formula is C14H22N4O4S2. The van der Waals surface area contributed by atoms with Gasteiger partial charge in [-0.15, -0.1) is 0 Å². The molecule has 1 aromatic rings. The molecule has 3 rings (SSSR count). The third-order valence-electron chi connectivity index (χ3n) is 4.82. The molecule has 8 nitrogen and oxygen atoms in total. The molecule has 0 aromatic carbocycles. The maximum absolute atomic E-state index is 11.7. The molecule has 0 spiro atoms. The Bertz CT molecular complexity index is 760. The first-order valence-electron chi connectivity index (χ1n) is 7.86. The van der Waals surface area contributed by atoms with Crippen molar-refractivity contribution < 1.29 is 16.8 Å². The van der Waals surface area contributed by atoms with Gasteiger partial charge in [0.2, 0.25) is 5.95 Å². The van der Waals surface area contributed by atoms with Crippen LogP contribution in [0.3, 0.4) is 0 Å². The SMILES string of the molecule is CN(c1ccnc(N(C)C2CCS(=O)(=O)C2)n1)C1CCS(=O)(=O)C1. The van der Waals surface area contributed by atoms with Crippen LogP contribution in [0.5, 0.6) is 0 Å². The number of hydrogen-bond donors (Lipinski definition) is 0. The number of rotatable bonds is 4. The number of aromatic nitrogens is 2. The summed E-state index contributed by atoms with van der Waals surface area (Å²) in [5.41, 5.74) is 0. The molecule has 3 heterocycles. The lowest BCUT2D eigenvalue weighted by Gasteiger charge is -2.27. The van der Waals surface area contributed by atoms with Crippen LogP contribution in [0.4, 0.5) is 11.8 Å². The smallest absolute Gasteiger partial charge is 0.227 e. The summed E-state index contributed by atoms with van der Waals surface area (Å²) < 4.78 is 46.6. The maximum atomic E-state index is 11.7. The highest BCUT2D eigenvalue weighted by Gasteiger charge is 2.33. The summed E-state index contributed by atoms with van der Waals surface area (Å²) in [6.45, 7) is 0. The van der Waals surface area contributed by atoms with E-state index in [-0.39, 0.29) is 35.1 Å². The highest BCUT2D eigenvalue weighted by atomic mass is 32.2. The molecule has 2 saturated heterocycles. The zero-order valence-corrected chi connectivity index (χ0v) is 15.4. The first kappa shape index (κ1) is 17.4. The number of hydrogen-bond acceptors (Lipinski definition) is 8. The lowest BCUT2D eigenvalue weighted by Crippen LogP contribution is -2.36. The van der Waals surface area contributed by atoms with Crippen LogP contribution in [0.2, 0.25) is 0 Å². The van der Waals surface area contributed by atoms with Crippen molar-refractivity contribution in [3.05, 3.63) is 12.3 Å². The van der Waals surface area contributed by atoms with Gasteiger partial charge in [-0.1, -0.05) is 0 Å². The van der Waals surface area contributed by atoms with Gasteiger partial charge >= 0.3 is 0 Å². The minimum atomic E-state index is -2.98. The summed E-state index contributed by atoms with van der Waals surface area (Å²) in [5.74, 6) is 1.77. The molecule has 0 saturated carbocycles. The summed E-state index contributed by atoms with van der Waals surface area (Å²) in [7, 11) is -2.31. The molecule has 0 radical (unpaired) electrons. The van der Waals surface area contributed by atoms with E-state index in [4.69, 9.17) is 0 Å². The summed E-state index contributed by atoms with van der Waals surface area (Å²) in [4.78, 5) is 12.4. The first-order valence-corrected chi connectivity index (χ1v) is 11.5. The third-order valence-corrected chi connectivity index (χ3v) is 8.32. The Morgan fingerprint density at radius 2 is 1.50 bits per heavy atom. The standard InChI is InChI=1S/C14H22N4O4S2/c1-17(11-4-7-23(19,20)9-11)13-3-6-15-14(16-13)18(2)12-5-8-24(21,22)10-12/h3,6,11-12H,4-5,7-10H2,1-2H3. The van der Waals surface area contributed by atoms with E-state index in [9.17, 15) is 16.8 Å². The quantitative estimate of drug-likeness (QED) is 0.709. The highest BCUT2D eigenvalue weighted by molar-refractivity contribution is 7.91. The second-order valence-corrected chi connectivity index (χ2v) is 11.0. The summed E-state index contributed by atoms with van der Waals surface area (Å²) in [5, 5.41) is 0. The third kappa shape index (κ3) is 3.64. The molecule has 2 fully saturated rings. The predicted octanol–water partition coefficient (Wildman–Crippen LogP) is -0.277. The Balaban J connectivity index is 1.77. The van der Waals surface area contributed by atoms with Crippen LogP contribution >= 0.6 is 0 Å². The molecule has 2 unspecified atom stereocenters. The largest absolute Gasteiger partial charge is 0.355 e. The van der Waals surface area contributed by atoms with Gasteiger partial charge in [0.05, 0.1) is 23.0 Å². The molecule has 10 heteroatoms. The normalized spacial score (nSPS) is 27.9. The van der Waals surface area contributed by atoms with Crippen molar-refractivity contribution >= 4 is 31.4 Å². The van der Waals surface area contributed by atoms with E-state index in [1.807, 2.05) is 11.9 Å². The van der Waals surface area contributed by atoms with E-state index < -0.39 is 19.7 Å². The number of nitrogens with zero attached hydrogens (tertiary/aromatic N) is 4. The van der Waals surface area contributed by atoms with Crippen molar-refractivity contribution in [3.8, 4) is 0 Å². The van der Waals surface area contributed by atoms with Gasteiger partial charge in [-0.2, -0.15) is 4.98 Å². The predicted molar refractivity (Wildman–Crippen MR) is 93.0 cm³/mol. The van der Waals surface area contributed by atoms with E-state index in [1.54, 1.807) is 24.2 Å². The Labute approximate surface area is 142 Å². The Morgan fingerprint density at radius 3 is 2.00 bits per heavy atom. The van der Waals surface area contributed by atoms with Gasteiger partial charge in [0.15, 0.2) is 19.7 Å². The molecular weight excluding hydrogens is 352 g/mol. The van der Waals surface area contributed by atoms with Crippen molar-refractivity contribution in [2.24, 2.45) is 0 Å². The second kappa shape index (κ2) is 6.14. The zero-order valence-electron chi connectivity index (χ0n) is 13.8. The molecule has 134 valence electrons. The zero-order chi connectivity index (χ0) is 17.5. The molecule has 24 heavy (non-hydrogen) atoms. The van der Waals surface area contributed by atoms with Gasteiger partial charge in [-0.25, -0.2) is 21.8 Å². The van der Waals surface area contributed by atoms with Crippen LogP contribution in [-0.4, -0.2) is 76.0 Å². The molecule has 2 aliphatic rings. The van der Waals surface area contributed by atoms with Gasteiger partial charge in [0.25, 0.3) is 0 Å². The summed E-state index contributed by atoms with van der Waals surface area (Å²) in [6, 6.07) is 1.53. The topological polar surface area (TPSA) is 101 Å². The van der Waals surface area contributed by atoms with E-state index in [2.05, 4.69) is 9.97 Å². The average molecular weight is 374 g/mol. The Hall–Kier alpha value is -1.42. The van der Waals surface area contributed by atoms with Crippen molar-refractivity contribution in [1.29, 1.82) is 0 Å². The van der Waals surface area contributed by atoms with E-state index in [1.165, 1.54) is 0 Å². The van der Waals surface area contributed by atoms with Crippen LogP contribution in [-0.2, 0) is 19.7 Å². The molecule has 0 amide bonds. The van der Waals surface area contributed by atoms with Gasteiger partial charge in [0, 0.05) is 32.4 Å². The second-order valence-electron chi connectivity index (χ2n) is 6.55. The number of sulfone groups is 2. The van der Waals surface area contributed by atoms with Crippen LogP contribution in [0, 0.1) is 0 Å². The van der Waals surface area contributed by atoms with E-state index in [0.29, 0.717) is 24.6 Å². The molecule has 0 bridgehead atoms. The summed E-state index contributed by atoms with van der Waals surface area (Å²) in [6.07, 6.45) is 2.79. The molecule has 2 aliphatic heterocycles. The number of anilines is 2. The van der Waals surface area contributed by atoms with Crippen LogP contribution in [0.25, 0.3) is 0 Å². The fourth-order valence-electron chi connectivity index (χ4n) is 3.22. The van der Waals surface area contributed by atoms with Gasteiger partial charge < -0.3 is 9.80 Å². The Morgan fingerprint density at radius 1 is 0.958 bits per heavy atom. The first-order chi connectivity index (χ1) is 11.2. The van der Waals surface area contributed by atoms with Crippen LogP contribution in [0.1, 0.15) is 12.8 Å². The van der Waals surface area contributed by atoms with Crippen molar-refractivity contribution in [2.75, 3.05) is 46.9 Å². The van der Waals surface area contributed by atoms with Gasteiger partial charge in [-0.3, -0.25) is 0 Å². The average Bonchev–Trinajstić information content (AvgIpc) is 3.07. The summed E-state index contributed by atoms with van der Waals surface area (Å²) >= 11 is 0. The Kier molecular flexibility index (Phi) is 4.45. The molecule has 2 atom stereocenters. The minimum absolute atomic E-state index is 0.0880. The van der Waals surface area contributed by atoms with E-state index in [0.717, 1.165) is 0 Å². The lowest BCUT2D eigenvalue weighted by atomic mass is 10.2. The molecule has 0 N–H and O–H groups in total. The molecule has 1 aromatic heterocycles. The fourth-order valence-corrected chi connectivity index (χ4v) is 6.77.